The standard InChI is InChI=1S/C19H26N4O2/c1-13-7-14-8-17(3-4-18(14)23(13)5-6-25-2)21-19(24)22-11-15-9-20-10-16(15)12-22/h3-4,7-8,15-16,20H,5-6,9-12H2,1-2H3,(H,21,24)/t15-,16+. The van der Waals surface area contributed by atoms with Gasteiger partial charge in [-0.25, -0.2) is 4.79 Å². The van der Waals surface area contributed by atoms with Crippen molar-refractivity contribution in [3.05, 3.63) is 30.0 Å². The third kappa shape index (κ3) is 3.12. The van der Waals surface area contributed by atoms with E-state index in [1.807, 2.05) is 11.0 Å². The topological polar surface area (TPSA) is 58.5 Å². The van der Waals surface area contributed by atoms with Crippen molar-refractivity contribution in [1.82, 2.24) is 14.8 Å². The normalized spacial score (nSPS) is 22.6. The number of hydrogen-bond acceptors (Lipinski definition) is 3. The van der Waals surface area contributed by atoms with Gasteiger partial charge in [0.2, 0.25) is 0 Å². The molecule has 2 fully saturated rings. The largest absolute Gasteiger partial charge is 0.383 e. The molecule has 2 atom stereocenters. The summed E-state index contributed by atoms with van der Waals surface area (Å²) >= 11 is 0. The molecule has 6 nitrogen and oxygen atoms in total. The average Bonchev–Trinajstić information content (AvgIpc) is 3.25. The fourth-order valence-electron chi connectivity index (χ4n) is 4.19. The van der Waals surface area contributed by atoms with Gasteiger partial charge in [-0.2, -0.15) is 0 Å². The summed E-state index contributed by atoms with van der Waals surface area (Å²) < 4.78 is 7.44. The summed E-state index contributed by atoms with van der Waals surface area (Å²) in [6.45, 7) is 7.42. The van der Waals surface area contributed by atoms with Crippen molar-refractivity contribution in [1.29, 1.82) is 0 Å². The monoisotopic (exact) mass is 342 g/mol. The molecule has 6 heteroatoms. The summed E-state index contributed by atoms with van der Waals surface area (Å²) in [5, 5.41) is 7.62. The first-order valence-electron chi connectivity index (χ1n) is 9.01. The lowest BCUT2D eigenvalue weighted by Gasteiger charge is -2.18. The Hall–Kier alpha value is -2.05. The summed E-state index contributed by atoms with van der Waals surface area (Å²) in [5.41, 5.74) is 3.24. The van der Waals surface area contributed by atoms with Crippen molar-refractivity contribution in [2.24, 2.45) is 11.8 Å². The number of nitrogens with zero attached hydrogens (tertiary/aromatic N) is 2. The van der Waals surface area contributed by atoms with Crippen LogP contribution < -0.4 is 10.6 Å². The highest BCUT2D eigenvalue weighted by atomic mass is 16.5. The molecular weight excluding hydrogens is 316 g/mol. The minimum absolute atomic E-state index is 0.0179. The number of likely N-dealkylation sites (tertiary alicyclic amines) is 1. The van der Waals surface area contributed by atoms with Crippen molar-refractivity contribution in [2.75, 3.05) is 45.2 Å². The molecule has 134 valence electrons. The van der Waals surface area contributed by atoms with Crippen LogP contribution in [0.3, 0.4) is 0 Å². The number of urea groups is 1. The van der Waals surface area contributed by atoms with Gasteiger partial charge in [-0.3, -0.25) is 0 Å². The minimum atomic E-state index is 0.0179. The molecule has 25 heavy (non-hydrogen) atoms. The maximum Gasteiger partial charge on any atom is 0.321 e. The highest BCUT2D eigenvalue weighted by molar-refractivity contribution is 5.93. The molecule has 3 heterocycles. The van der Waals surface area contributed by atoms with Crippen molar-refractivity contribution < 1.29 is 9.53 Å². The lowest BCUT2D eigenvalue weighted by molar-refractivity contribution is 0.188. The van der Waals surface area contributed by atoms with Gasteiger partial charge in [0.1, 0.15) is 0 Å². The van der Waals surface area contributed by atoms with Crippen molar-refractivity contribution >= 4 is 22.6 Å². The Balaban J connectivity index is 1.47. The molecule has 0 aliphatic carbocycles. The Morgan fingerprint density at radius 1 is 1.28 bits per heavy atom. The van der Waals surface area contributed by atoms with E-state index in [9.17, 15) is 4.79 Å². The number of anilines is 1. The summed E-state index contributed by atoms with van der Waals surface area (Å²) in [7, 11) is 1.72. The summed E-state index contributed by atoms with van der Waals surface area (Å²) in [6, 6.07) is 8.30. The maximum absolute atomic E-state index is 12.6. The van der Waals surface area contributed by atoms with E-state index < -0.39 is 0 Å². The number of aryl methyl sites for hydroxylation is 1. The van der Waals surface area contributed by atoms with E-state index in [1.54, 1.807) is 7.11 Å². The first-order chi connectivity index (χ1) is 12.2. The lowest BCUT2D eigenvalue weighted by atomic mass is 10.0. The molecule has 4 rings (SSSR count). The first-order valence-corrected chi connectivity index (χ1v) is 9.01. The smallest absolute Gasteiger partial charge is 0.321 e. The van der Waals surface area contributed by atoms with Crippen LogP contribution in [-0.2, 0) is 11.3 Å². The van der Waals surface area contributed by atoms with Crippen LogP contribution in [0.1, 0.15) is 5.69 Å². The predicted molar refractivity (Wildman–Crippen MR) is 99.0 cm³/mol. The predicted octanol–water partition coefficient (Wildman–Crippen LogP) is 2.28. The number of carbonyl (C=O) groups excluding carboxylic acids is 1. The van der Waals surface area contributed by atoms with E-state index in [2.05, 4.69) is 40.3 Å². The van der Waals surface area contributed by atoms with E-state index in [4.69, 9.17) is 4.74 Å². The number of aromatic nitrogens is 1. The molecule has 2 N–H and O–H groups in total. The van der Waals surface area contributed by atoms with E-state index >= 15 is 0 Å². The van der Waals surface area contributed by atoms with E-state index in [0.29, 0.717) is 18.4 Å². The summed E-state index contributed by atoms with van der Waals surface area (Å²) in [6.07, 6.45) is 0. The van der Waals surface area contributed by atoms with E-state index in [1.165, 1.54) is 11.2 Å². The Bertz CT molecular complexity index is 773. The van der Waals surface area contributed by atoms with Crippen LogP contribution in [0.5, 0.6) is 0 Å². The second-order valence-corrected chi connectivity index (χ2v) is 7.22. The highest BCUT2D eigenvalue weighted by Crippen LogP contribution is 2.27. The van der Waals surface area contributed by atoms with Crippen molar-refractivity contribution in [3.8, 4) is 0 Å². The second kappa shape index (κ2) is 6.69. The SMILES string of the molecule is COCCn1c(C)cc2cc(NC(=O)N3C[C@H]4CNC[C@H]4C3)ccc21. The van der Waals surface area contributed by atoms with Gasteiger partial charge in [-0.15, -0.1) is 0 Å². The molecule has 1 aromatic carbocycles. The molecule has 1 aromatic heterocycles. The molecule has 0 radical (unpaired) electrons. The summed E-state index contributed by atoms with van der Waals surface area (Å²) in [5.74, 6) is 1.23. The van der Waals surface area contributed by atoms with Crippen LogP contribution in [0.25, 0.3) is 10.9 Å². The van der Waals surface area contributed by atoms with Crippen LogP contribution in [-0.4, -0.2) is 55.4 Å². The molecule has 2 aliphatic heterocycles. The third-order valence-electron chi connectivity index (χ3n) is 5.56. The lowest BCUT2D eigenvalue weighted by Crippen LogP contribution is -2.35. The van der Waals surface area contributed by atoms with Crippen LogP contribution in [0.2, 0.25) is 0 Å². The Morgan fingerprint density at radius 2 is 2.04 bits per heavy atom. The quantitative estimate of drug-likeness (QED) is 0.896. The molecule has 2 amide bonds. The fourth-order valence-corrected chi connectivity index (χ4v) is 4.19. The van der Waals surface area contributed by atoms with Gasteiger partial charge in [0.15, 0.2) is 0 Å². The Morgan fingerprint density at radius 3 is 2.76 bits per heavy atom. The van der Waals surface area contributed by atoms with Gasteiger partial charge in [0, 0.05) is 62.1 Å². The number of ether oxygens (including phenoxy) is 1. The van der Waals surface area contributed by atoms with E-state index in [0.717, 1.165) is 43.8 Å². The zero-order valence-corrected chi connectivity index (χ0v) is 14.9. The zero-order chi connectivity index (χ0) is 17.4. The number of nitrogens with one attached hydrogen (secondary N) is 2. The van der Waals surface area contributed by atoms with Crippen LogP contribution in [0.15, 0.2) is 24.3 Å². The van der Waals surface area contributed by atoms with Crippen LogP contribution >= 0.6 is 0 Å². The van der Waals surface area contributed by atoms with Gasteiger partial charge in [-0.05, 0) is 43.0 Å². The van der Waals surface area contributed by atoms with Crippen LogP contribution in [0.4, 0.5) is 10.5 Å². The number of hydrogen-bond donors (Lipinski definition) is 2. The van der Waals surface area contributed by atoms with E-state index in [-0.39, 0.29) is 6.03 Å². The number of carbonyl (C=O) groups is 1. The Kier molecular flexibility index (Phi) is 4.39. The maximum atomic E-state index is 12.6. The molecule has 0 bridgehead atoms. The van der Waals surface area contributed by atoms with Crippen LogP contribution in [0, 0.1) is 18.8 Å². The van der Waals surface area contributed by atoms with Gasteiger partial charge >= 0.3 is 6.03 Å². The van der Waals surface area contributed by atoms with Gasteiger partial charge < -0.3 is 24.8 Å². The first kappa shape index (κ1) is 16.4. The highest BCUT2D eigenvalue weighted by Gasteiger charge is 2.38. The fraction of sp³-hybridized carbons (Fsp3) is 0.526. The Labute approximate surface area is 148 Å². The molecule has 2 aromatic rings. The van der Waals surface area contributed by atoms with Gasteiger partial charge in [0.05, 0.1) is 6.61 Å². The zero-order valence-electron chi connectivity index (χ0n) is 14.9. The number of rotatable bonds is 4. The third-order valence-corrected chi connectivity index (χ3v) is 5.56. The van der Waals surface area contributed by atoms with Gasteiger partial charge in [-0.1, -0.05) is 0 Å². The molecule has 0 spiro atoms. The average molecular weight is 342 g/mol. The molecule has 0 unspecified atom stereocenters. The number of methoxy groups -OCH3 is 1. The molecule has 2 aliphatic rings. The number of fused-ring (bicyclic) bond motifs is 2. The minimum Gasteiger partial charge on any atom is -0.383 e. The van der Waals surface area contributed by atoms with Crippen molar-refractivity contribution in [2.45, 2.75) is 13.5 Å². The second-order valence-electron chi connectivity index (χ2n) is 7.22. The van der Waals surface area contributed by atoms with Gasteiger partial charge in [0.25, 0.3) is 0 Å². The molecule has 0 saturated carbocycles. The summed E-state index contributed by atoms with van der Waals surface area (Å²) in [4.78, 5) is 14.5. The van der Waals surface area contributed by atoms with Crippen molar-refractivity contribution in [3.63, 3.8) is 0 Å². The molecular formula is C19H26N4O2. The number of amides is 2. The number of benzene rings is 1. The molecule has 2 saturated heterocycles.